The van der Waals surface area contributed by atoms with Crippen LogP contribution < -0.4 is 10.2 Å². The highest BCUT2D eigenvalue weighted by Crippen LogP contribution is 2.28. The first kappa shape index (κ1) is 18.9. The van der Waals surface area contributed by atoms with Crippen LogP contribution in [0.5, 0.6) is 0 Å². The first-order chi connectivity index (χ1) is 11.4. The van der Waals surface area contributed by atoms with Gasteiger partial charge in [0.2, 0.25) is 0 Å². The van der Waals surface area contributed by atoms with Crippen LogP contribution in [0.3, 0.4) is 0 Å². The molecule has 0 saturated heterocycles. The van der Waals surface area contributed by atoms with E-state index >= 15 is 0 Å². The maximum absolute atomic E-state index is 5.34. The highest BCUT2D eigenvalue weighted by molar-refractivity contribution is 7.15. The Morgan fingerprint density at radius 1 is 1.21 bits per heavy atom. The van der Waals surface area contributed by atoms with Gasteiger partial charge in [-0.1, -0.05) is 30.3 Å². The van der Waals surface area contributed by atoms with E-state index in [1.807, 2.05) is 0 Å². The summed E-state index contributed by atoms with van der Waals surface area (Å²) in [6, 6.07) is 10.5. The zero-order valence-corrected chi connectivity index (χ0v) is 16.2. The number of anilines is 1. The predicted molar refractivity (Wildman–Crippen MR) is 103 cm³/mol. The summed E-state index contributed by atoms with van der Waals surface area (Å²) in [7, 11) is 1.72. The minimum atomic E-state index is 0.0863. The number of rotatable bonds is 8. The molecule has 1 heterocycles. The van der Waals surface area contributed by atoms with Crippen LogP contribution >= 0.6 is 11.3 Å². The predicted octanol–water partition coefficient (Wildman–Crippen LogP) is 4.20. The number of benzene rings is 1. The molecule has 5 heteroatoms. The van der Waals surface area contributed by atoms with Gasteiger partial charge in [0.05, 0.1) is 12.3 Å². The standard InChI is InChI=1S/C19H29N3OS/c1-6-22(13-15-10-8-7-9-11-15)18-21-16(14-23-5)17(24-18)12-20-19(2,3)4/h7-11,20H,6,12-14H2,1-5H3. The van der Waals surface area contributed by atoms with Gasteiger partial charge in [0.15, 0.2) is 5.13 Å². The second kappa shape index (κ2) is 8.60. The Morgan fingerprint density at radius 3 is 2.50 bits per heavy atom. The Morgan fingerprint density at radius 2 is 1.92 bits per heavy atom. The minimum Gasteiger partial charge on any atom is -0.378 e. The topological polar surface area (TPSA) is 37.4 Å². The fourth-order valence-corrected chi connectivity index (χ4v) is 3.42. The molecule has 0 saturated carbocycles. The van der Waals surface area contributed by atoms with Gasteiger partial charge in [-0.15, -0.1) is 11.3 Å². The molecule has 0 bridgehead atoms. The lowest BCUT2D eigenvalue weighted by Gasteiger charge is -2.20. The highest BCUT2D eigenvalue weighted by Gasteiger charge is 2.17. The molecule has 0 unspecified atom stereocenters. The molecule has 1 N–H and O–H groups in total. The Bertz CT molecular complexity index is 619. The fraction of sp³-hybridized carbons (Fsp3) is 0.526. The lowest BCUT2D eigenvalue weighted by atomic mass is 10.1. The summed E-state index contributed by atoms with van der Waals surface area (Å²) < 4.78 is 5.34. The molecular weight excluding hydrogens is 318 g/mol. The molecule has 1 aromatic heterocycles. The summed E-state index contributed by atoms with van der Waals surface area (Å²) in [6.45, 7) is 11.9. The average molecular weight is 348 g/mol. The highest BCUT2D eigenvalue weighted by atomic mass is 32.1. The normalized spacial score (nSPS) is 11.7. The van der Waals surface area contributed by atoms with Crippen LogP contribution in [0.1, 0.15) is 43.8 Å². The monoisotopic (exact) mass is 347 g/mol. The van der Waals surface area contributed by atoms with Gasteiger partial charge in [-0.3, -0.25) is 0 Å². The van der Waals surface area contributed by atoms with Crippen LogP contribution in [0, 0.1) is 0 Å². The molecule has 24 heavy (non-hydrogen) atoms. The lowest BCUT2D eigenvalue weighted by molar-refractivity contribution is 0.181. The summed E-state index contributed by atoms with van der Waals surface area (Å²) in [4.78, 5) is 8.42. The largest absolute Gasteiger partial charge is 0.378 e. The Kier molecular flexibility index (Phi) is 6.78. The molecule has 0 fully saturated rings. The summed E-state index contributed by atoms with van der Waals surface area (Å²) in [5.74, 6) is 0. The number of hydrogen-bond donors (Lipinski definition) is 1. The van der Waals surface area contributed by atoms with Crippen LogP contribution in [0.15, 0.2) is 30.3 Å². The SMILES string of the molecule is CCN(Cc1ccccc1)c1nc(COC)c(CNC(C)(C)C)s1. The van der Waals surface area contributed by atoms with Crippen molar-refractivity contribution in [1.82, 2.24) is 10.3 Å². The van der Waals surface area contributed by atoms with Crippen LogP contribution in [-0.4, -0.2) is 24.2 Å². The van der Waals surface area contributed by atoms with E-state index in [9.17, 15) is 0 Å². The number of thiazole rings is 1. The third-order valence-electron chi connectivity index (χ3n) is 3.70. The molecular formula is C19H29N3OS. The van der Waals surface area contributed by atoms with Gasteiger partial charge in [-0.25, -0.2) is 4.98 Å². The molecule has 132 valence electrons. The Hall–Kier alpha value is -1.43. The molecule has 0 spiro atoms. The Labute approximate surface area is 149 Å². The number of nitrogens with zero attached hydrogens (tertiary/aromatic N) is 2. The number of aromatic nitrogens is 1. The van der Waals surface area contributed by atoms with E-state index in [2.05, 4.69) is 68.2 Å². The van der Waals surface area contributed by atoms with Crippen molar-refractivity contribution in [2.45, 2.75) is 52.9 Å². The number of ether oxygens (including phenoxy) is 1. The molecule has 1 aromatic carbocycles. The van der Waals surface area contributed by atoms with E-state index in [4.69, 9.17) is 9.72 Å². The maximum Gasteiger partial charge on any atom is 0.186 e. The van der Waals surface area contributed by atoms with Crippen LogP contribution in [0.25, 0.3) is 0 Å². The first-order valence-corrected chi connectivity index (χ1v) is 9.26. The summed E-state index contributed by atoms with van der Waals surface area (Å²) in [6.07, 6.45) is 0. The third kappa shape index (κ3) is 5.58. The molecule has 0 aliphatic rings. The van der Waals surface area contributed by atoms with E-state index in [0.717, 1.165) is 30.5 Å². The smallest absolute Gasteiger partial charge is 0.186 e. The van der Waals surface area contributed by atoms with Crippen molar-refractivity contribution in [2.75, 3.05) is 18.6 Å². The summed E-state index contributed by atoms with van der Waals surface area (Å²) in [5.41, 5.74) is 2.43. The van der Waals surface area contributed by atoms with Gasteiger partial charge in [0, 0.05) is 37.2 Å². The minimum absolute atomic E-state index is 0.0863. The van der Waals surface area contributed by atoms with Crippen molar-refractivity contribution < 1.29 is 4.74 Å². The maximum atomic E-state index is 5.34. The van der Waals surface area contributed by atoms with Crippen LogP contribution in [0.2, 0.25) is 0 Å². The quantitative estimate of drug-likeness (QED) is 0.776. The molecule has 0 aliphatic heterocycles. The van der Waals surface area contributed by atoms with Crippen molar-refractivity contribution in [3.8, 4) is 0 Å². The van der Waals surface area contributed by atoms with Crippen molar-refractivity contribution in [3.05, 3.63) is 46.5 Å². The second-order valence-electron chi connectivity index (χ2n) is 6.90. The Balaban J connectivity index is 2.18. The fourth-order valence-electron chi connectivity index (χ4n) is 2.36. The van der Waals surface area contributed by atoms with Gasteiger partial charge in [-0.2, -0.15) is 0 Å². The van der Waals surface area contributed by atoms with Gasteiger partial charge in [0.25, 0.3) is 0 Å². The van der Waals surface area contributed by atoms with Crippen molar-refractivity contribution in [1.29, 1.82) is 0 Å². The molecule has 2 aromatic rings. The summed E-state index contributed by atoms with van der Waals surface area (Å²) >= 11 is 1.76. The van der Waals surface area contributed by atoms with E-state index in [1.165, 1.54) is 10.4 Å². The zero-order chi connectivity index (χ0) is 17.6. The van der Waals surface area contributed by atoms with Crippen molar-refractivity contribution in [2.24, 2.45) is 0 Å². The zero-order valence-electron chi connectivity index (χ0n) is 15.4. The number of methoxy groups -OCH3 is 1. The molecule has 0 amide bonds. The molecule has 0 radical (unpaired) electrons. The van der Waals surface area contributed by atoms with E-state index in [0.29, 0.717) is 6.61 Å². The van der Waals surface area contributed by atoms with Gasteiger partial charge >= 0.3 is 0 Å². The summed E-state index contributed by atoms with van der Waals surface area (Å²) in [5, 5.41) is 4.62. The molecule has 4 nitrogen and oxygen atoms in total. The third-order valence-corrected chi connectivity index (χ3v) is 4.85. The number of nitrogens with one attached hydrogen (secondary N) is 1. The first-order valence-electron chi connectivity index (χ1n) is 8.44. The van der Waals surface area contributed by atoms with Crippen molar-refractivity contribution >= 4 is 16.5 Å². The van der Waals surface area contributed by atoms with Crippen LogP contribution in [0.4, 0.5) is 5.13 Å². The van der Waals surface area contributed by atoms with E-state index in [1.54, 1.807) is 18.4 Å². The van der Waals surface area contributed by atoms with Gasteiger partial charge in [0.1, 0.15) is 0 Å². The van der Waals surface area contributed by atoms with Crippen molar-refractivity contribution in [3.63, 3.8) is 0 Å². The average Bonchev–Trinajstić information content (AvgIpc) is 2.94. The molecule has 0 aliphatic carbocycles. The van der Waals surface area contributed by atoms with Crippen LogP contribution in [-0.2, 0) is 24.4 Å². The van der Waals surface area contributed by atoms with E-state index < -0.39 is 0 Å². The van der Waals surface area contributed by atoms with Gasteiger partial charge < -0.3 is 15.0 Å². The van der Waals surface area contributed by atoms with Gasteiger partial charge in [-0.05, 0) is 33.3 Å². The lowest BCUT2D eigenvalue weighted by Crippen LogP contribution is -2.35. The molecule has 0 atom stereocenters. The van der Waals surface area contributed by atoms with E-state index in [-0.39, 0.29) is 5.54 Å². The molecule has 2 rings (SSSR count). The second-order valence-corrected chi connectivity index (χ2v) is 7.96. The number of hydrogen-bond acceptors (Lipinski definition) is 5.